The Morgan fingerprint density at radius 2 is 2.09 bits per heavy atom. The average Bonchev–Trinajstić information content (AvgIpc) is 2.81. The number of anilines is 1. The van der Waals surface area contributed by atoms with E-state index in [1.54, 1.807) is 24.3 Å². The molecule has 0 saturated heterocycles. The Balaban J connectivity index is 2.05. The number of ether oxygens (including phenoxy) is 1. The van der Waals surface area contributed by atoms with Crippen LogP contribution in [0.1, 0.15) is 15.9 Å². The van der Waals surface area contributed by atoms with Crippen LogP contribution in [0.25, 0.3) is 11.1 Å². The second kappa shape index (κ2) is 5.40. The van der Waals surface area contributed by atoms with Crippen LogP contribution in [0, 0.1) is 0 Å². The maximum atomic E-state index is 12.0. The Labute approximate surface area is 125 Å². The molecule has 0 bridgehead atoms. The highest BCUT2D eigenvalue weighted by Gasteiger charge is 2.13. The number of hydrogen-bond acceptors (Lipinski definition) is 5. The van der Waals surface area contributed by atoms with Gasteiger partial charge in [0.2, 0.25) is 0 Å². The lowest BCUT2D eigenvalue weighted by Gasteiger charge is -2.04. The number of fused-ring (bicyclic) bond motifs is 1. The molecule has 0 spiro atoms. The fourth-order valence-corrected chi connectivity index (χ4v) is 2.33. The van der Waals surface area contributed by atoms with E-state index in [-0.39, 0.29) is 0 Å². The molecule has 2 N–H and O–H groups in total. The van der Waals surface area contributed by atoms with E-state index in [1.807, 2.05) is 12.1 Å². The fourth-order valence-electron chi connectivity index (χ4n) is 2.33. The average molecular weight is 298 g/mol. The summed E-state index contributed by atoms with van der Waals surface area (Å²) in [5, 5.41) is 0. The van der Waals surface area contributed by atoms with Crippen molar-refractivity contribution in [3.05, 3.63) is 64.1 Å². The standard InChI is InChI=1S/C16H14N2O4/c1-21-15(19)11-5-6-13-14(8-11)22-16(20)18(13)9-10-3-2-4-12(17)7-10/h2-8H,9,17H2,1H3. The van der Waals surface area contributed by atoms with Gasteiger partial charge in [-0.3, -0.25) is 4.57 Å². The van der Waals surface area contributed by atoms with Gasteiger partial charge in [-0.1, -0.05) is 12.1 Å². The highest BCUT2D eigenvalue weighted by molar-refractivity contribution is 5.93. The quantitative estimate of drug-likeness (QED) is 0.590. The van der Waals surface area contributed by atoms with Gasteiger partial charge >= 0.3 is 11.7 Å². The lowest BCUT2D eigenvalue weighted by atomic mass is 10.2. The lowest BCUT2D eigenvalue weighted by Crippen LogP contribution is -2.14. The molecule has 0 unspecified atom stereocenters. The zero-order valence-electron chi connectivity index (χ0n) is 11.9. The van der Waals surface area contributed by atoms with Gasteiger partial charge in [0.1, 0.15) is 0 Å². The summed E-state index contributed by atoms with van der Waals surface area (Å²) < 4.78 is 11.3. The maximum absolute atomic E-state index is 12.0. The van der Waals surface area contributed by atoms with Crippen LogP contribution in [0.2, 0.25) is 0 Å². The second-order valence-corrected chi connectivity index (χ2v) is 4.87. The molecule has 3 aromatic rings. The van der Waals surface area contributed by atoms with Gasteiger partial charge in [-0.25, -0.2) is 9.59 Å². The van der Waals surface area contributed by atoms with Gasteiger partial charge in [0.15, 0.2) is 5.58 Å². The van der Waals surface area contributed by atoms with E-state index >= 15 is 0 Å². The number of aromatic nitrogens is 1. The monoisotopic (exact) mass is 298 g/mol. The Kier molecular flexibility index (Phi) is 3.42. The molecule has 0 amide bonds. The molecule has 6 heteroatoms. The van der Waals surface area contributed by atoms with Crippen molar-refractivity contribution < 1.29 is 13.9 Å². The van der Waals surface area contributed by atoms with Crippen LogP contribution in [-0.4, -0.2) is 17.6 Å². The molecule has 112 valence electrons. The summed E-state index contributed by atoms with van der Waals surface area (Å²) >= 11 is 0. The van der Waals surface area contributed by atoms with Gasteiger partial charge in [0, 0.05) is 5.69 Å². The van der Waals surface area contributed by atoms with Gasteiger partial charge < -0.3 is 14.9 Å². The number of hydrogen-bond donors (Lipinski definition) is 1. The van der Waals surface area contributed by atoms with Crippen molar-refractivity contribution in [2.75, 3.05) is 12.8 Å². The summed E-state index contributed by atoms with van der Waals surface area (Å²) in [6.07, 6.45) is 0. The van der Waals surface area contributed by atoms with E-state index in [2.05, 4.69) is 4.74 Å². The van der Waals surface area contributed by atoms with Gasteiger partial charge in [-0.15, -0.1) is 0 Å². The summed E-state index contributed by atoms with van der Waals surface area (Å²) in [6, 6.07) is 12.0. The number of rotatable bonds is 3. The molecule has 22 heavy (non-hydrogen) atoms. The van der Waals surface area contributed by atoms with Crippen molar-refractivity contribution in [1.29, 1.82) is 0 Å². The lowest BCUT2D eigenvalue weighted by molar-refractivity contribution is 0.0601. The van der Waals surface area contributed by atoms with E-state index in [1.165, 1.54) is 17.7 Å². The van der Waals surface area contributed by atoms with E-state index in [4.69, 9.17) is 10.2 Å². The third kappa shape index (κ3) is 2.46. The third-order valence-corrected chi connectivity index (χ3v) is 3.38. The molecule has 6 nitrogen and oxygen atoms in total. The summed E-state index contributed by atoms with van der Waals surface area (Å²) in [7, 11) is 1.30. The number of nitrogens with two attached hydrogens (primary N) is 1. The van der Waals surface area contributed by atoms with Crippen LogP contribution >= 0.6 is 0 Å². The number of benzene rings is 2. The van der Waals surface area contributed by atoms with Crippen molar-refractivity contribution in [1.82, 2.24) is 4.57 Å². The van der Waals surface area contributed by atoms with Gasteiger partial charge in [0.25, 0.3) is 0 Å². The highest BCUT2D eigenvalue weighted by atomic mass is 16.5. The minimum absolute atomic E-state index is 0.333. The Bertz CT molecular complexity index is 908. The van der Waals surface area contributed by atoms with Crippen LogP contribution in [-0.2, 0) is 11.3 Å². The molecule has 0 aliphatic heterocycles. The SMILES string of the molecule is COC(=O)c1ccc2c(c1)oc(=O)n2Cc1cccc(N)c1. The number of esters is 1. The molecular formula is C16H14N2O4. The molecule has 0 atom stereocenters. The summed E-state index contributed by atoms with van der Waals surface area (Å²) in [4.78, 5) is 23.5. The molecule has 1 heterocycles. The normalized spacial score (nSPS) is 10.8. The summed E-state index contributed by atoms with van der Waals surface area (Å²) in [5.41, 5.74) is 8.55. The van der Waals surface area contributed by atoms with Gasteiger partial charge in [-0.05, 0) is 35.9 Å². The third-order valence-electron chi connectivity index (χ3n) is 3.38. The van der Waals surface area contributed by atoms with Gasteiger partial charge in [-0.2, -0.15) is 0 Å². The molecule has 0 fully saturated rings. The van der Waals surface area contributed by atoms with Crippen molar-refractivity contribution in [3.8, 4) is 0 Å². The number of methoxy groups -OCH3 is 1. The Hall–Kier alpha value is -3.02. The second-order valence-electron chi connectivity index (χ2n) is 4.87. The molecule has 1 aromatic heterocycles. The minimum atomic E-state index is -0.487. The number of nitrogen functional groups attached to an aromatic ring is 1. The predicted molar refractivity (Wildman–Crippen MR) is 81.8 cm³/mol. The summed E-state index contributed by atoms with van der Waals surface area (Å²) in [6.45, 7) is 0.342. The molecule has 0 saturated carbocycles. The predicted octanol–water partition coefficient (Wildman–Crippen LogP) is 2.01. The first-order valence-corrected chi connectivity index (χ1v) is 6.64. The molecule has 0 aliphatic carbocycles. The van der Waals surface area contributed by atoms with Crippen LogP contribution in [0.4, 0.5) is 5.69 Å². The minimum Gasteiger partial charge on any atom is -0.465 e. The number of carbonyl (C=O) groups is 1. The first-order valence-electron chi connectivity index (χ1n) is 6.64. The van der Waals surface area contributed by atoms with Crippen LogP contribution in [0.15, 0.2) is 51.7 Å². The number of nitrogens with zero attached hydrogens (tertiary/aromatic N) is 1. The fraction of sp³-hybridized carbons (Fsp3) is 0.125. The topological polar surface area (TPSA) is 87.5 Å². The zero-order valence-corrected chi connectivity index (χ0v) is 11.9. The molecule has 3 rings (SSSR count). The Morgan fingerprint density at radius 3 is 2.82 bits per heavy atom. The smallest absolute Gasteiger partial charge is 0.420 e. The maximum Gasteiger partial charge on any atom is 0.420 e. The van der Waals surface area contributed by atoms with E-state index < -0.39 is 11.7 Å². The van der Waals surface area contributed by atoms with Crippen LogP contribution in [0.5, 0.6) is 0 Å². The number of carbonyl (C=O) groups excluding carboxylic acids is 1. The Morgan fingerprint density at radius 1 is 1.27 bits per heavy atom. The van der Waals surface area contributed by atoms with E-state index in [0.717, 1.165) is 5.56 Å². The van der Waals surface area contributed by atoms with Crippen LogP contribution < -0.4 is 11.5 Å². The summed E-state index contributed by atoms with van der Waals surface area (Å²) in [5.74, 6) is -0.965. The number of oxazole rings is 1. The van der Waals surface area contributed by atoms with Crippen molar-refractivity contribution in [2.24, 2.45) is 0 Å². The molecular weight excluding hydrogens is 284 g/mol. The van der Waals surface area contributed by atoms with E-state index in [0.29, 0.717) is 28.9 Å². The molecule has 2 aromatic carbocycles. The molecule has 0 aliphatic rings. The van der Waals surface area contributed by atoms with Crippen LogP contribution in [0.3, 0.4) is 0 Å². The molecule has 0 radical (unpaired) electrons. The largest absolute Gasteiger partial charge is 0.465 e. The van der Waals surface area contributed by atoms with Crippen molar-refractivity contribution in [2.45, 2.75) is 6.54 Å². The van der Waals surface area contributed by atoms with Crippen molar-refractivity contribution >= 4 is 22.8 Å². The first kappa shape index (κ1) is 13.9. The van der Waals surface area contributed by atoms with Crippen molar-refractivity contribution in [3.63, 3.8) is 0 Å². The van der Waals surface area contributed by atoms with Gasteiger partial charge in [0.05, 0.1) is 24.7 Å². The highest BCUT2D eigenvalue weighted by Crippen LogP contribution is 2.17. The van der Waals surface area contributed by atoms with E-state index in [9.17, 15) is 9.59 Å². The zero-order chi connectivity index (χ0) is 15.7. The first-order chi connectivity index (χ1) is 10.6.